The monoisotopic (exact) mass is 227 g/mol. The minimum Gasteiger partial charge on any atom is -0.423 e. The molecule has 16 heavy (non-hydrogen) atoms. The third-order valence-corrected chi connectivity index (χ3v) is 2.24. The van der Waals surface area contributed by atoms with E-state index in [9.17, 15) is 14.5 Å². The standard InChI is InChI=1S/C9H11BFNO4/c1-5(2)6-3-8(11)7(10(13)14)4-9(6)12(15)16/h3-5,13-14H,1-2H3. The van der Waals surface area contributed by atoms with Crippen LogP contribution in [0.4, 0.5) is 10.1 Å². The second-order valence-electron chi connectivity index (χ2n) is 3.72. The highest BCUT2D eigenvalue weighted by molar-refractivity contribution is 6.58. The Labute approximate surface area is 91.8 Å². The van der Waals surface area contributed by atoms with Crippen molar-refractivity contribution in [2.45, 2.75) is 19.8 Å². The maximum Gasteiger partial charge on any atom is 0.491 e. The maximum absolute atomic E-state index is 13.4. The molecule has 0 heterocycles. The minimum atomic E-state index is -2.06. The van der Waals surface area contributed by atoms with Gasteiger partial charge in [-0.25, -0.2) is 4.39 Å². The van der Waals surface area contributed by atoms with Gasteiger partial charge in [0.1, 0.15) is 5.82 Å². The second kappa shape index (κ2) is 4.59. The fraction of sp³-hybridized carbons (Fsp3) is 0.333. The number of hydrogen-bond acceptors (Lipinski definition) is 4. The highest BCUT2D eigenvalue weighted by atomic mass is 19.1. The highest BCUT2D eigenvalue weighted by Gasteiger charge is 2.25. The lowest BCUT2D eigenvalue weighted by atomic mass is 9.78. The lowest BCUT2D eigenvalue weighted by molar-refractivity contribution is -0.385. The number of halogens is 1. The van der Waals surface area contributed by atoms with Crippen LogP contribution >= 0.6 is 0 Å². The largest absolute Gasteiger partial charge is 0.491 e. The van der Waals surface area contributed by atoms with E-state index in [4.69, 9.17) is 10.0 Å². The fourth-order valence-corrected chi connectivity index (χ4v) is 1.41. The van der Waals surface area contributed by atoms with Crippen molar-refractivity contribution < 1.29 is 19.4 Å². The van der Waals surface area contributed by atoms with Gasteiger partial charge in [0.05, 0.1) is 4.92 Å². The molecule has 5 nitrogen and oxygen atoms in total. The summed E-state index contributed by atoms with van der Waals surface area (Å²) in [6.07, 6.45) is 0. The van der Waals surface area contributed by atoms with Crippen molar-refractivity contribution in [1.29, 1.82) is 0 Å². The molecule has 86 valence electrons. The Morgan fingerprint density at radius 2 is 2.00 bits per heavy atom. The van der Waals surface area contributed by atoms with E-state index in [-0.39, 0.29) is 17.2 Å². The van der Waals surface area contributed by atoms with E-state index in [2.05, 4.69) is 0 Å². The van der Waals surface area contributed by atoms with E-state index >= 15 is 0 Å². The number of nitrogens with zero attached hydrogens (tertiary/aromatic N) is 1. The summed E-state index contributed by atoms with van der Waals surface area (Å²) in [6, 6.07) is 1.83. The Hall–Kier alpha value is -1.47. The van der Waals surface area contributed by atoms with E-state index in [1.165, 1.54) is 0 Å². The Morgan fingerprint density at radius 1 is 1.44 bits per heavy atom. The number of nitro benzene ring substituents is 1. The molecule has 0 aliphatic rings. The predicted octanol–water partition coefficient (Wildman–Crippen LogP) is 0.537. The van der Waals surface area contributed by atoms with Crippen LogP contribution in [0.25, 0.3) is 0 Å². The van der Waals surface area contributed by atoms with Gasteiger partial charge in [-0.3, -0.25) is 10.1 Å². The quantitative estimate of drug-likeness (QED) is 0.448. The van der Waals surface area contributed by atoms with Crippen molar-refractivity contribution in [3.8, 4) is 0 Å². The first-order chi connectivity index (χ1) is 7.34. The second-order valence-corrected chi connectivity index (χ2v) is 3.72. The molecule has 2 N–H and O–H groups in total. The van der Waals surface area contributed by atoms with E-state index in [1.807, 2.05) is 0 Å². The summed E-state index contributed by atoms with van der Waals surface area (Å²) in [6.45, 7) is 3.38. The summed E-state index contributed by atoms with van der Waals surface area (Å²) >= 11 is 0. The molecule has 0 bridgehead atoms. The van der Waals surface area contributed by atoms with Crippen molar-refractivity contribution in [3.05, 3.63) is 33.6 Å². The molecule has 1 aromatic rings. The van der Waals surface area contributed by atoms with Crippen molar-refractivity contribution in [1.82, 2.24) is 0 Å². The molecule has 0 unspecified atom stereocenters. The lowest BCUT2D eigenvalue weighted by Crippen LogP contribution is -2.33. The van der Waals surface area contributed by atoms with Gasteiger partial charge in [0.25, 0.3) is 5.69 Å². The van der Waals surface area contributed by atoms with Crippen LogP contribution < -0.4 is 5.46 Å². The summed E-state index contributed by atoms with van der Waals surface area (Å²) in [5.41, 5.74) is -0.567. The number of hydrogen-bond donors (Lipinski definition) is 2. The zero-order valence-corrected chi connectivity index (χ0v) is 8.85. The van der Waals surface area contributed by atoms with Crippen LogP contribution in [0.5, 0.6) is 0 Å². The van der Waals surface area contributed by atoms with Gasteiger partial charge in [-0.2, -0.15) is 0 Å². The van der Waals surface area contributed by atoms with Crippen LogP contribution in [-0.4, -0.2) is 22.1 Å². The first-order valence-electron chi connectivity index (χ1n) is 4.68. The molecule has 1 rings (SSSR count). The normalized spacial score (nSPS) is 10.6. The van der Waals surface area contributed by atoms with Crippen LogP contribution in [0.3, 0.4) is 0 Å². The summed E-state index contributed by atoms with van der Waals surface area (Å²) in [7, 11) is -2.06. The Bertz CT molecular complexity index is 422. The van der Waals surface area contributed by atoms with Crippen molar-refractivity contribution in [3.63, 3.8) is 0 Å². The molecule has 0 atom stereocenters. The molecule has 0 saturated heterocycles. The molecular weight excluding hydrogens is 216 g/mol. The molecule has 0 fully saturated rings. The SMILES string of the molecule is CC(C)c1cc(F)c(B(O)O)cc1[N+](=O)[O-]. The average Bonchev–Trinajstić information content (AvgIpc) is 2.15. The van der Waals surface area contributed by atoms with Gasteiger partial charge in [-0.15, -0.1) is 0 Å². The minimum absolute atomic E-state index is 0.222. The topological polar surface area (TPSA) is 83.6 Å². The van der Waals surface area contributed by atoms with Crippen molar-refractivity contribution in [2.24, 2.45) is 0 Å². The van der Waals surface area contributed by atoms with Crippen LogP contribution in [0.15, 0.2) is 12.1 Å². The molecule has 0 saturated carbocycles. The molecule has 0 radical (unpaired) electrons. The van der Waals surface area contributed by atoms with E-state index in [1.54, 1.807) is 13.8 Å². The van der Waals surface area contributed by atoms with Gasteiger partial charge in [0, 0.05) is 17.1 Å². The third kappa shape index (κ3) is 2.37. The number of nitro groups is 1. The Kier molecular flexibility index (Phi) is 3.61. The molecule has 1 aromatic carbocycles. The molecular formula is C9H11BFNO4. The van der Waals surface area contributed by atoms with Gasteiger partial charge in [0.15, 0.2) is 0 Å². The number of benzene rings is 1. The summed E-state index contributed by atoms with van der Waals surface area (Å²) in [4.78, 5) is 10.1. The number of rotatable bonds is 3. The van der Waals surface area contributed by atoms with Gasteiger partial charge in [-0.05, 0) is 12.0 Å². The smallest absolute Gasteiger partial charge is 0.423 e. The first kappa shape index (κ1) is 12.6. The van der Waals surface area contributed by atoms with Gasteiger partial charge >= 0.3 is 7.12 Å². The molecule has 7 heteroatoms. The van der Waals surface area contributed by atoms with Crippen LogP contribution in [0, 0.1) is 15.9 Å². The predicted molar refractivity (Wildman–Crippen MR) is 57.0 cm³/mol. The summed E-state index contributed by atoms with van der Waals surface area (Å²) in [5, 5.41) is 28.4. The summed E-state index contributed by atoms with van der Waals surface area (Å²) < 4.78 is 13.4. The zero-order valence-electron chi connectivity index (χ0n) is 8.85. The average molecular weight is 227 g/mol. The van der Waals surface area contributed by atoms with Crippen LogP contribution in [0.1, 0.15) is 25.3 Å². The fourth-order valence-electron chi connectivity index (χ4n) is 1.41. The molecule has 0 aromatic heterocycles. The van der Waals surface area contributed by atoms with Crippen LogP contribution in [0.2, 0.25) is 0 Å². The van der Waals surface area contributed by atoms with Crippen molar-refractivity contribution in [2.75, 3.05) is 0 Å². The van der Waals surface area contributed by atoms with Gasteiger partial charge in [-0.1, -0.05) is 13.8 Å². The molecule has 0 spiro atoms. The van der Waals surface area contributed by atoms with E-state index < -0.39 is 23.3 Å². The third-order valence-electron chi connectivity index (χ3n) is 2.24. The lowest BCUT2D eigenvalue weighted by Gasteiger charge is -2.09. The molecule has 0 aliphatic heterocycles. The maximum atomic E-state index is 13.4. The summed E-state index contributed by atoms with van der Waals surface area (Å²) in [5.74, 6) is -1.08. The Balaban J connectivity index is 3.43. The van der Waals surface area contributed by atoms with Crippen molar-refractivity contribution >= 4 is 18.3 Å². The highest BCUT2D eigenvalue weighted by Crippen LogP contribution is 2.26. The van der Waals surface area contributed by atoms with Gasteiger partial charge < -0.3 is 10.0 Å². The molecule has 0 amide bonds. The van der Waals surface area contributed by atoms with Gasteiger partial charge in [0.2, 0.25) is 0 Å². The van der Waals surface area contributed by atoms with E-state index in [0.717, 1.165) is 12.1 Å². The molecule has 0 aliphatic carbocycles. The Morgan fingerprint density at radius 3 is 2.38 bits per heavy atom. The van der Waals surface area contributed by atoms with Crippen LogP contribution in [-0.2, 0) is 0 Å². The zero-order chi connectivity index (χ0) is 12.5. The van der Waals surface area contributed by atoms with E-state index in [0.29, 0.717) is 0 Å². The first-order valence-corrected chi connectivity index (χ1v) is 4.68.